The Kier molecular flexibility index (Phi) is 10.2. The molecule has 0 aliphatic heterocycles. The second kappa shape index (κ2) is 11.1. The van der Waals surface area contributed by atoms with E-state index >= 15 is 0 Å². The second-order valence-electron chi connectivity index (χ2n) is 4.81. The van der Waals surface area contributed by atoms with Crippen molar-refractivity contribution >= 4 is 29.3 Å². The highest BCUT2D eigenvalue weighted by atomic mass is 35.5. The van der Waals surface area contributed by atoms with E-state index in [9.17, 15) is 0 Å². The minimum Gasteiger partial charge on any atom is -0.347 e. The standard InChI is InChI=1S/C13H18N2.C3H6N2.ClH/c1-14(2)9-5-10-15-11-8-12-6-3-4-7-13(12)15;1-2-5-3-4;/h3-4,6-8,11H,5,9-10H2,1-2H3;4H,2H2,1H3;1H. The number of fused-ring (bicyclic) bond motifs is 1. The van der Waals surface area contributed by atoms with E-state index < -0.39 is 0 Å². The average molecular weight is 309 g/mol. The fourth-order valence-electron chi connectivity index (χ4n) is 1.97. The predicted octanol–water partition coefficient (Wildman–Crippen LogP) is 3.77. The van der Waals surface area contributed by atoms with Gasteiger partial charge in [-0.2, -0.15) is 0 Å². The van der Waals surface area contributed by atoms with Crippen LogP contribution in [0.3, 0.4) is 0 Å². The number of nitrogens with one attached hydrogen (secondary N) is 1. The fourth-order valence-corrected chi connectivity index (χ4v) is 1.97. The number of rotatable bonds is 5. The zero-order valence-corrected chi connectivity index (χ0v) is 13.9. The lowest BCUT2D eigenvalue weighted by atomic mass is 10.2. The molecule has 116 valence electrons. The van der Waals surface area contributed by atoms with Crippen molar-refractivity contribution in [1.82, 2.24) is 9.47 Å². The van der Waals surface area contributed by atoms with E-state index in [0.717, 1.165) is 13.1 Å². The first-order chi connectivity index (χ1) is 9.69. The van der Waals surface area contributed by atoms with Gasteiger partial charge in [0.15, 0.2) is 0 Å². The van der Waals surface area contributed by atoms with Crippen molar-refractivity contribution in [3.8, 4) is 0 Å². The van der Waals surface area contributed by atoms with Gasteiger partial charge in [0.1, 0.15) is 0 Å². The molecule has 0 fully saturated rings. The minimum atomic E-state index is 0. The lowest BCUT2D eigenvalue weighted by Gasteiger charge is -2.10. The topological polar surface area (TPSA) is 44.4 Å². The molecule has 4 nitrogen and oxygen atoms in total. The lowest BCUT2D eigenvalue weighted by Crippen LogP contribution is -2.14. The van der Waals surface area contributed by atoms with E-state index in [1.165, 1.54) is 17.3 Å². The van der Waals surface area contributed by atoms with Gasteiger partial charge in [0.05, 0.1) is 6.01 Å². The summed E-state index contributed by atoms with van der Waals surface area (Å²) >= 11 is 0. The molecule has 1 aromatic carbocycles. The van der Waals surface area contributed by atoms with E-state index in [0.29, 0.717) is 6.54 Å². The monoisotopic (exact) mass is 308 g/mol. The van der Waals surface area contributed by atoms with Crippen LogP contribution in [0, 0.1) is 5.41 Å². The highest BCUT2D eigenvalue weighted by Gasteiger charge is 1.99. The Bertz CT molecular complexity index is 556. The van der Waals surface area contributed by atoms with Crippen molar-refractivity contribution in [3.63, 3.8) is 0 Å². The Morgan fingerprint density at radius 3 is 2.52 bits per heavy atom. The van der Waals surface area contributed by atoms with Gasteiger partial charge < -0.3 is 9.47 Å². The van der Waals surface area contributed by atoms with Gasteiger partial charge >= 0.3 is 0 Å². The molecule has 0 saturated carbocycles. The summed E-state index contributed by atoms with van der Waals surface area (Å²) in [6, 6.07) is 12.6. The first-order valence-electron chi connectivity index (χ1n) is 6.95. The maximum Gasteiger partial charge on any atom is 0.0861 e. The van der Waals surface area contributed by atoms with Gasteiger partial charge in [-0.25, -0.2) is 10.4 Å². The number of aryl methyl sites for hydroxylation is 1. The van der Waals surface area contributed by atoms with Crippen LogP contribution in [0.1, 0.15) is 13.3 Å². The summed E-state index contributed by atoms with van der Waals surface area (Å²) in [5, 5.41) is 7.52. The normalized spacial score (nSPS) is 9.52. The van der Waals surface area contributed by atoms with Gasteiger partial charge in [-0.1, -0.05) is 18.2 Å². The summed E-state index contributed by atoms with van der Waals surface area (Å²) in [6.45, 7) is 4.78. The smallest absolute Gasteiger partial charge is 0.0861 e. The van der Waals surface area contributed by atoms with E-state index in [1.807, 2.05) is 12.9 Å². The summed E-state index contributed by atoms with van der Waals surface area (Å²) < 4.78 is 2.33. The van der Waals surface area contributed by atoms with Crippen LogP contribution in [0.5, 0.6) is 0 Å². The highest BCUT2D eigenvalue weighted by Crippen LogP contribution is 2.15. The van der Waals surface area contributed by atoms with Crippen LogP contribution >= 0.6 is 12.4 Å². The SMILES string of the molecule is CCN=C=N.CN(C)CCCn1ccc2ccccc21.Cl. The van der Waals surface area contributed by atoms with Crippen LogP contribution in [0.4, 0.5) is 0 Å². The zero-order chi connectivity index (χ0) is 14.8. The molecule has 1 heterocycles. The molecule has 5 heteroatoms. The van der Waals surface area contributed by atoms with Gasteiger partial charge in [-0.3, -0.25) is 0 Å². The zero-order valence-electron chi connectivity index (χ0n) is 13.0. The van der Waals surface area contributed by atoms with Gasteiger partial charge in [0.25, 0.3) is 0 Å². The summed E-state index contributed by atoms with van der Waals surface area (Å²) in [5.74, 6) is 0. The van der Waals surface area contributed by atoms with E-state index in [2.05, 4.69) is 65.1 Å². The first-order valence-corrected chi connectivity index (χ1v) is 6.95. The molecule has 0 saturated heterocycles. The van der Waals surface area contributed by atoms with Gasteiger partial charge in [0.2, 0.25) is 0 Å². The molecule has 21 heavy (non-hydrogen) atoms. The molecular formula is C16H25ClN4. The first kappa shape index (κ1) is 19.4. The Morgan fingerprint density at radius 2 is 1.95 bits per heavy atom. The Balaban J connectivity index is 0.000000583. The second-order valence-corrected chi connectivity index (χ2v) is 4.81. The number of aromatic nitrogens is 1. The van der Waals surface area contributed by atoms with Crippen molar-refractivity contribution < 1.29 is 0 Å². The Labute approximate surface area is 133 Å². The lowest BCUT2D eigenvalue weighted by molar-refractivity contribution is 0.388. The number of hydrogen-bond acceptors (Lipinski definition) is 3. The quantitative estimate of drug-likeness (QED) is 0.840. The number of hydrogen-bond donors (Lipinski definition) is 1. The van der Waals surface area contributed by atoms with Gasteiger partial charge in [0, 0.05) is 24.8 Å². The Hall–Kier alpha value is -1.61. The molecule has 0 spiro atoms. The summed E-state index contributed by atoms with van der Waals surface area (Å²) in [5.41, 5.74) is 1.34. The van der Waals surface area contributed by atoms with Crippen molar-refractivity contribution in [3.05, 3.63) is 36.5 Å². The van der Waals surface area contributed by atoms with Crippen molar-refractivity contribution in [2.45, 2.75) is 19.9 Å². The van der Waals surface area contributed by atoms with Crippen LogP contribution in [-0.2, 0) is 6.54 Å². The molecule has 1 N–H and O–H groups in total. The van der Waals surface area contributed by atoms with Gasteiger partial charge in [-0.05, 0) is 51.5 Å². The highest BCUT2D eigenvalue weighted by molar-refractivity contribution is 5.85. The van der Waals surface area contributed by atoms with Crippen molar-refractivity contribution in [2.24, 2.45) is 4.99 Å². The fraction of sp³-hybridized carbons (Fsp3) is 0.438. The van der Waals surface area contributed by atoms with Crippen LogP contribution < -0.4 is 0 Å². The third-order valence-corrected chi connectivity index (χ3v) is 2.92. The molecule has 2 aromatic rings. The number of aliphatic imine (C=N–C) groups is 1. The largest absolute Gasteiger partial charge is 0.347 e. The molecule has 1 aromatic heterocycles. The third kappa shape index (κ3) is 7.09. The molecule has 0 aliphatic rings. The number of nitrogens with zero attached hydrogens (tertiary/aromatic N) is 3. The minimum absolute atomic E-state index is 0. The summed E-state index contributed by atoms with van der Waals surface area (Å²) in [7, 11) is 4.24. The molecule has 0 atom stereocenters. The number of halogens is 1. The molecule has 0 amide bonds. The van der Waals surface area contributed by atoms with E-state index in [1.54, 1.807) is 0 Å². The summed E-state index contributed by atoms with van der Waals surface area (Å²) in [4.78, 5) is 5.62. The Morgan fingerprint density at radius 1 is 1.24 bits per heavy atom. The number of para-hydroxylation sites is 1. The van der Waals surface area contributed by atoms with Crippen molar-refractivity contribution in [2.75, 3.05) is 27.2 Å². The molecular weight excluding hydrogens is 284 g/mol. The maximum atomic E-state index is 6.19. The maximum absolute atomic E-state index is 6.19. The van der Waals surface area contributed by atoms with E-state index in [4.69, 9.17) is 5.41 Å². The summed E-state index contributed by atoms with van der Waals surface area (Å²) in [6.07, 6.45) is 3.38. The average Bonchev–Trinajstić information content (AvgIpc) is 2.84. The van der Waals surface area contributed by atoms with E-state index in [-0.39, 0.29) is 12.4 Å². The van der Waals surface area contributed by atoms with Gasteiger partial charge in [-0.15, -0.1) is 12.4 Å². The van der Waals surface area contributed by atoms with Crippen LogP contribution in [0.2, 0.25) is 0 Å². The molecule has 0 bridgehead atoms. The predicted molar refractivity (Wildman–Crippen MR) is 93.1 cm³/mol. The van der Waals surface area contributed by atoms with Crippen LogP contribution in [-0.4, -0.2) is 42.7 Å². The molecule has 0 aliphatic carbocycles. The van der Waals surface area contributed by atoms with Crippen LogP contribution in [0.15, 0.2) is 41.5 Å². The van der Waals surface area contributed by atoms with Crippen LogP contribution in [0.25, 0.3) is 10.9 Å². The molecule has 0 unspecified atom stereocenters. The third-order valence-electron chi connectivity index (χ3n) is 2.92. The molecule has 0 radical (unpaired) electrons. The number of benzene rings is 1. The van der Waals surface area contributed by atoms with Crippen molar-refractivity contribution in [1.29, 1.82) is 5.41 Å². The molecule has 2 rings (SSSR count).